The predicted molar refractivity (Wildman–Crippen MR) is 99.6 cm³/mol. The number of phenols is 1. The molecule has 26 heavy (non-hydrogen) atoms. The lowest BCUT2D eigenvalue weighted by Crippen LogP contribution is -2.00. The van der Waals surface area contributed by atoms with Crippen molar-refractivity contribution in [1.29, 1.82) is 0 Å². The minimum absolute atomic E-state index is 0.0618. The van der Waals surface area contributed by atoms with E-state index in [0.717, 1.165) is 5.56 Å². The molecule has 138 valence electrons. The van der Waals surface area contributed by atoms with Crippen molar-refractivity contribution in [1.82, 2.24) is 0 Å². The van der Waals surface area contributed by atoms with Gasteiger partial charge in [-0.3, -0.25) is 15.1 Å². The van der Waals surface area contributed by atoms with Crippen LogP contribution in [-0.2, 0) is 0 Å². The van der Waals surface area contributed by atoms with E-state index in [1.165, 1.54) is 24.4 Å². The fraction of sp³-hybridized carbons (Fsp3) is 0.316. The Kier molecular flexibility index (Phi) is 6.54. The maximum absolute atomic E-state index is 10.9. The Morgan fingerprint density at radius 3 is 2.50 bits per heavy atom. The third-order valence-electron chi connectivity index (χ3n) is 3.71. The van der Waals surface area contributed by atoms with Crippen LogP contribution in [0.25, 0.3) is 0 Å². The summed E-state index contributed by atoms with van der Waals surface area (Å²) in [6, 6.07) is 9.18. The van der Waals surface area contributed by atoms with E-state index in [4.69, 9.17) is 9.47 Å². The molecular formula is C19H22N2O5. The summed E-state index contributed by atoms with van der Waals surface area (Å²) in [7, 11) is 0. The highest BCUT2D eigenvalue weighted by molar-refractivity contribution is 5.84. The molecule has 0 amide bonds. The second-order valence-electron chi connectivity index (χ2n) is 5.53. The Morgan fingerprint density at radius 1 is 1.15 bits per heavy atom. The van der Waals surface area contributed by atoms with Crippen molar-refractivity contribution in [3.63, 3.8) is 0 Å². The largest absolute Gasteiger partial charge is 0.507 e. The average molecular weight is 358 g/mol. The van der Waals surface area contributed by atoms with Crippen molar-refractivity contribution in [3.8, 4) is 17.2 Å². The van der Waals surface area contributed by atoms with Crippen molar-refractivity contribution in [2.75, 3.05) is 13.2 Å². The van der Waals surface area contributed by atoms with Gasteiger partial charge in [0.15, 0.2) is 11.5 Å². The predicted octanol–water partition coefficient (Wildman–Crippen LogP) is 4.28. The molecule has 0 aliphatic carbocycles. The highest BCUT2D eigenvalue weighted by atomic mass is 16.6. The van der Waals surface area contributed by atoms with Crippen molar-refractivity contribution >= 4 is 11.9 Å². The van der Waals surface area contributed by atoms with Gasteiger partial charge in [-0.1, -0.05) is 6.07 Å². The molecule has 0 aliphatic rings. The standard InChI is InChI=1S/C19H22N2O5/c1-4-25-18-9-6-14(11-19(18)26-5-2)13(3)20-12-15-10-16(21(23)24)7-8-17(15)22/h6-13,22H,4-5H2,1-3H3/t13-/m1/s1. The lowest BCUT2D eigenvalue weighted by atomic mass is 10.1. The molecule has 0 aromatic heterocycles. The average Bonchev–Trinajstić information content (AvgIpc) is 2.62. The minimum Gasteiger partial charge on any atom is -0.507 e. The number of nitrogens with zero attached hydrogens (tertiary/aromatic N) is 2. The molecular weight excluding hydrogens is 336 g/mol. The number of hydrogen-bond donors (Lipinski definition) is 1. The monoisotopic (exact) mass is 358 g/mol. The smallest absolute Gasteiger partial charge is 0.270 e. The van der Waals surface area contributed by atoms with E-state index in [-0.39, 0.29) is 17.5 Å². The lowest BCUT2D eigenvalue weighted by molar-refractivity contribution is -0.384. The van der Waals surface area contributed by atoms with Crippen LogP contribution in [0.1, 0.15) is 37.9 Å². The van der Waals surface area contributed by atoms with E-state index in [1.54, 1.807) is 0 Å². The summed E-state index contributed by atoms with van der Waals surface area (Å²) in [5, 5.41) is 20.7. The van der Waals surface area contributed by atoms with Crippen molar-refractivity contribution in [2.45, 2.75) is 26.8 Å². The van der Waals surface area contributed by atoms with Gasteiger partial charge >= 0.3 is 0 Å². The van der Waals surface area contributed by atoms with Gasteiger partial charge in [0.25, 0.3) is 5.69 Å². The first-order valence-electron chi connectivity index (χ1n) is 8.36. The number of rotatable bonds is 8. The van der Waals surface area contributed by atoms with Crippen LogP contribution in [0.5, 0.6) is 17.2 Å². The quantitative estimate of drug-likeness (QED) is 0.432. The summed E-state index contributed by atoms with van der Waals surface area (Å²) in [5.74, 6) is 1.26. The van der Waals surface area contributed by atoms with Gasteiger partial charge in [-0.2, -0.15) is 0 Å². The van der Waals surface area contributed by atoms with E-state index < -0.39 is 4.92 Å². The van der Waals surface area contributed by atoms with E-state index in [2.05, 4.69) is 4.99 Å². The molecule has 1 N–H and O–H groups in total. The van der Waals surface area contributed by atoms with Crippen molar-refractivity contribution in [2.24, 2.45) is 4.99 Å². The van der Waals surface area contributed by atoms with E-state index >= 15 is 0 Å². The van der Waals surface area contributed by atoms with Gasteiger partial charge in [0, 0.05) is 23.9 Å². The zero-order chi connectivity index (χ0) is 19.1. The van der Waals surface area contributed by atoms with Crippen LogP contribution in [0.4, 0.5) is 5.69 Å². The second kappa shape index (κ2) is 8.84. The third-order valence-corrected chi connectivity index (χ3v) is 3.71. The molecule has 1 atom stereocenters. The number of nitro benzene ring substituents is 1. The SMILES string of the molecule is CCOc1ccc([C@@H](C)N=Cc2cc([N+](=O)[O-])ccc2O)cc1OCC. The number of hydrogen-bond acceptors (Lipinski definition) is 6. The van der Waals surface area contributed by atoms with Crippen molar-refractivity contribution < 1.29 is 19.5 Å². The number of phenolic OH excluding ortho intramolecular Hbond substituents is 1. The Hall–Kier alpha value is -3.09. The lowest BCUT2D eigenvalue weighted by Gasteiger charge is -2.14. The summed E-state index contributed by atoms with van der Waals surface area (Å²) in [6.07, 6.45) is 1.43. The zero-order valence-electron chi connectivity index (χ0n) is 15.0. The molecule has 0 heterocycles. The van der Waals surface area contributed by atoms with Crippen LogP contribution in [0.2, 0.25) is 0 Å². The molecule has 0 bridgehead atoms. The summed E-state index contributed by atoms with van der Waals surface area (Å²) in [5.41, 5.74) is 1.09. The summed E-state index contributed by atoms with van der Waals surface area (Å²) < 4.78 is 11.2. The van der Waals surface area contributed by atoms with Gasteiger partial charge in [0.2, 0.25) is 0 Å². The van der Waals surface area contributed by atoms with Crippen LogP contribution < -0.4 is 9.47 Å². The van der Waals surface area contributed by atoms with Crippen molar-refractivity contribution in [3.05, 3.63) is 57.6 Å². The fourth-order valence-corrected chi connectivity index (χ4v) is 2.36. The topological polar surface area (TPSA) is 94.2 Å². The molecule has 2 rings (SSSR count). The Balaban J connectivity index is 2.25. The number of aromatic hydroxyl groups is 1. The van der Waals surface area contributed by atoms with Gasteiger partial charge in [0.1, 0.15) is 5.75 Å². The highest BCUT2D eigenvalue weighted by Gasteiger charge is 2.12. The van der Waals surface area contributed by atoms with E-state index in [1.807, 2.05) is 39.0 Å². The normalized spacial score (nSPS) is 12.1. The maximum Gasteiger partial charge on any atom is 0.270 e. The number of aliphatic imine (C=N–C) groups is 1. The number of nitro groups is 1. The summed E-state index contributed by atoms with van der Waals surface area (Å²) >= 11 is 0. The van der Waals surface area contributed by atoms with Crippen LogP contribution in [-0.4, -0.2) is 29.5 Å². The van der Waals surface area contributed by atoms with Gasteiger partial charge in [-0.25, -0.2) is 0 Å². The van der Waals surface area contributed by atoms with Crippen LogP contribution in [0.3, 0.4) is 0 Å². The molecule has 2 aromatic carbocycles. The first-order chi connectivity index (χ1) is 12.5. The number of non-ortho nitro benzene ring substituents is 1. The number of ether oxygens (including phenoxy) is 2. The van der Waals surface area contributed by atoms with E-state index in [9.17, 15) is 15.2 Å². The van der Waals surface area contributed by atoms with Gasteiger partial charge in [-0.05, 0) is 44.5 Å². The minimum atomic E-state index is -0.513. The first-order valence-corrected chi connectivity index (χ1v) is 8.36. The molecule has 0 saturated carbocycles. The molecule has 0 unspecified atom stereocenters. The molecule has 7 heteroatoms. The Labute approximate surface area is 152 Å². The van der Waals surface area contributed by atoms with Crippen LogP contribution >= 0.6 is 0 Å². The van der Waals surface area contributed by atoms with E-state index in [0.29, 0.717) is 30.3 Å². The number of benzene rings is 2. The van der Waals surface area contributed by atoms with Crippen LogP contribution in [0.15, 0.2) is 41.4 Å². The highest BCUT2D eigenvalue weighted by Crippen LogP contribution is 2.32. The molecule has 0 radical (unpaired) electrons. The first kappa shape index (κ1) is 19.2. The molecule has 0 saturated heterocycles. The van der Waals surface area contributed by atoms with Gasteiger partial charge < -0.3 is 14.6 Å². The van der Waals surface area contributed by atoms with Gasteiger partial charge in [-0.15, -0.1) is 0 Å². The van der Waals surface area contributed by atoms with Crippen LogP contribution in [0, 0.1) is 10.1 Å². The molecule has 2 aromatic rings. The Morgan fingerprint density at radius 2 is 1.85 bits per heavy atom. The fourth-order valence-electron chi connectivity index (χ4n) is 2.36. The Bertz CT molecular complexity index is 805. The summed E-state index contributed by atoms with van der Waals surface area (Å²) in [4.78, 5) is 14.7. The maximum atomic E-state index is 10.9. The summed E-state index contributed by atoms with van der Waals surface area (Å²) in [6.45, 7) is 6.75. The second-order valence-corrected chi connectivity index (χ2v) is 5.53. The molecule has 0 aliphatic heterocycles. The third kappa shape index (κ3) is 4.72. The molecule has 0 spiro atoms. The molecule has 7 nitrogen and oxygen atoms in total. The molecule has 0 fully saturated rings. The zero-order valence-corrected chi connectivity index (χ0v) is 15.0. The van der Waals surface area contributed by atoms with Gasteiger partial charge in [0.05, 0.1) is 24.2 Å².